The fraction of sp³-hybridized carbons (Fsp3) is 0.429. The minimum atomic E-state index is -0.382. The van der Waals surface area contributed by atoms with Crippen LogP contribution >= 0.6 is 15.9 Å². The zero-order valence-corrected chi connectivity index (χ0v) is 13.0. The topological polar surface area (TPSA) is 46.6 Å². The molecule has 0 aliphatic heterocycles. The lowest BCUT2D eigenvalue weighted by molar-refractivity contribution is -0.143. The summed E-state index contributed by atoms with van der Waals surface area (Å²) in [4.78, 5) is 25.3. The van der Waals surface area contributed by atoms with E-state index in [4.69, 9.17) is 4.74 Å². The van der Waals surface area contributed by atoms with E-state index in [0.717, 1.165) is 10.0 Å². The lowest BCUT2D eigenvalue weighted by Gasteiger charge is -2.20. The fourth-order valence-corrected chi connectivity index (χ4v) is 2.20. The lowest BCUT2D eigenvalue weighted by atomic mass is 10.1. The molecule has 0 spiro atoms. The Balaban J connectivity index is 2.86. The van der Waals surface area contributed by atoms with Gasteiger partial charge in [0.1, 0.15) is 6.54 Å². The number of hydrogen-bond donors (Lipinski definition) is 0. The third kappa shape index (κ3) is 4.35. The highest BCUT2D eigenvalue weighted by Crippen LogP contribution is 2.17. The number of nitrogens with zero attached hydrogens (tertiary/aromatic N) is 1. The number of halogens is 1. The van der Waals surface area contributed by atoms with Crippen LogP contribution in [0.15, 0.2) is 22.7 Å². The molecule has 19 heavy (non-hydrogen) atoms. The molecule has 0 fully saturated rings. The van der Waals surface area contributed by atoms with Crippen molar-refractivity contribution in [2.24, 2.45) is 0 Å². The molecule has 1 aromatic carbocycles. The molecule has 0 saturated heterocycles. The SMILES string of the molecule is CCOC(=O)CN(CC)C(=O)c1ccc(Br)cc1C. The van der Waals surface area contributed by atoms with Gasteiger partial charge in [-0.3, -0.25) is 9.59 Å². The van der Waals surface area contributed by atoms with E-state index < -0.39 is 0 Å². The fourth-order valence-electron chi connectivity index (χ4n) is 1.73. The monoisotopic (exact) mass is 327 g/mol. The summed E-state index contributed by atoms with van der Waals surface area (Å²) in [5.41, 5.74) is 1.48. The number of benzene rings is 1. The molecule has 0 aliphatic rings. The second-order valence-electron chi connectivity index (χ2n) is 4.08. The Morgan fingerprint density at radius 2 is 2.00 bits per heavy atom. The molecular weight excluding hydrogens is 310 g/mol. The third-order valence-electron chi connectivity index (χ3n) is 2.71. The molecular formula is C14H18BrNO3. The predicted molar refractivity (Wildman–Crippen MR) is 77.1 cm³/mol. The average molecular weight is 328 g/mol. The molecule has 0 N–H and O–H groups in total. The van der Waals surface area contributed by atoms with E-state index in [0.29, 0.717) is 18.7 Å². The van der Waals surface area contributed by atoms with Crippen LogP contribution in [-0.2, 0) is 9.53 Å². The second-order valence-corrected chi connectivity index (χ2v) is 5.00. The Kier molecular flexibility index (Phi) is 6.02. The Morgan fingerprint density at radius 1 is 1.32 bits per heavy atom. The first kappa shape index (κ1) is 15.7. The van der Waals surface area contributed by atoms with Crippen molar-refractivity contribution in [3.8, 4) is 0 Å². The normalized spacial score (nSPS) is 10.1. The van der Waals surface area contributed by atoms with Crippen LogP contribution in [0.5, 0.6) is 0 Å². The molecule has 0 radical (unpaired) electrons. The lowest BCUT2D eigenvalue weighted by Crippen LogP contribution is -2.36. The molecule has 1 amide bonds. The van der Waals surface area contributed by atoms with Crippen LogP contribution in [0.25, 0.3) is 0 Å². The summed E-state index contributed by atoms with van der Waals surface area (Å²) in [6.07, 6.45) is 0. The molecule has 5 heteroatoms. The highest BCUT2D eigenvalue weighted by Gasteiger charge is 2.19. The Hall–Kier alpha value is -1.36. The van der Waals surface area contributed by atoms with Crippen molar-refractivity contribution in [3.05, 3.63) is 33.8 Å². The number of ether oxygens (including phenoxy) is 1. The molecule has 0 unspecified atom stereocenters. The Bertz CT molecular complexity index is 474. The molecule has 0 aliphatic carbocycles. The van der Waals surface area contributed by atoms with Gasteiger partial charge in [0.25, 0.3) is 5.91 Å². The van der Waals surface area contributed by atoms with Gasteiger partial charge in [0.2, 0.25) is 0 Å². The van der Waals surface area contributed by atoms with E-state index in [1.54, 1.807) is 13.0 Å². The van der Waals surface area contributed by atoms with E-state index in [1.165, 1.54) is 4.90 Å². The van der Waals surface area contributed by atoms with E-state index in [2.05, 4.69) is 15.9 Å². The summed E-state index contributed by atoms with van der Waals surface area (Å²) in [6, 6.07) is 5.46. The van der Waals surface area contributed by atoms with Gasteiger partial charge in [-0.05, 0) is 44.5 Å². The van der Waals surface area contributed by atoms with Crippen molar-refractivity contribution in [2.75, 3.05) is 19.7 Å². The summed E-state index contributed by atoms with van der Waals surface area (Å²) < 4.78 is 5.80. The largest absolute Gasteiger partial charge is 0.465 e. The molecule has 0 heterocycles. The van der Waals surface area contributed by atoms with Gasteiger partial charge in [-0.1, -0.05) is 15.9 Å². The van der Waals surface area contributed by atoms with Crippen LogP contribution < -0.4 is 0 Å². The zero-order valence-electron chi connectivity index (χ0n) is 11.4. The number of amides is 1. The standard InChI is InChI=1S/C14H18BrNO3/c1-4-16(9-13(17)19-5-2)14(18)12-7-6-11(15)8-10(12)3/h6-8H,4-5,9H2,1-3H3. The molecule has 0 atom stereocenters. The van der Waals surface area contributed by atoms with Crippen molar-refractivity contribution in [3.63, 3.8) is 0 Å². The number of esters is 1. The molecule has 0 aromatic heterocycles. The summed E-state index contributed by atoms with van der Waals surface area (Å²) in [5.74, 6) is -0.534. The number of carbonyl (C=O) groups excluding carboxylic acids is 2. The van der Waals surface area contributed by atoms with Crippen molar-refractivity contribution >= 4 is 27.8 Å². The summed E-state index contributed by atoms with van der Waals surface area (Å²) in [5, 5.41) is 0. The molecule has 104 valence electrons. The van der Waals surface area contributed by atoms with E-state index in [9.17, 15) is 9.59 Å². The van der Waals surface area contributed by atoms with Gasteiger partial charge in [0.15, 0.2) is 0 Å². The first-order valence-electron chi connectivity index (χ1n) is 6.20. The average Bonchev–Trinajstić information content (AvgIpc) is 2.35. The molecule has 0 bridgehead atoms. The summed E-state index contributed by atoms with van der Waals surface area (Å²) in [6.45, 7) is 6.23. The van der Waals surface area contributed by atoms with Crippen molar-refractivity contribution in [1.82, 2.24) is 4.90 Å². The number of hydrogen-bond acceptors (Lipinski definition) is 3. The maximum Gasteiger partial charge on any atom is 0.325 e. The van der Waals surface area contributed by atoms with Gasteiger partial charge in [0, 0.05) is 16.6 Å². The van der Waals surface area contributed by atoms with E-state index in [-0.39, 0.29) is 18.4 Å². The van der Waals surface area contributed by atoms with Gasteiger partial charge < -0.3 is 9.64 Å². The van der Waals surface area contributed by atoms with Crippen LogP contribution in [0.4, 0.5) is 0 Å². The number of rotatable bonds is 5. The van der Waals surface area contributed by atoms with Crippen LogP contribution in [0.1, 0.15) is 29.8 Å². The van der Waals surface area contributed by atoms with Gasteiger partial charge >= 0.3 is 5.97 Å². The number of likely N-dealkylation sites (N-methyl/N-ethyl adjacent to an activating group) is 1. The van der Waals surface area contributed by atoms with Crippen molar-refractivity contribution < 1.29 is 14.3 Å². The quantitative estimate of drug-likeness (QED) is 0.781. The Labute approximate surface area is 121 Å². The smallest absolute Gasteiger partial charge is 0.325 e. The molecule has 1 rings (SSSR count). The van der Waals surface area contributed by atoms with Crippen LogP contribution in [0.3, 0.4) is 0 Å². The van der Waals surface area contributed by atoms with E-state index in [1.807, 2.05) is 26.0 Å². The minimum absolute atomic E-state index is 0.0152. The summed E-state index contributed by atoms with van der Waals surface area (Å²) in [7, 11) is 0. The maximum atomic E-state index is 12.4. The van der Waals surface area contributed by atoms with Crippen LogP contribution in [0.2, 0.25) is 0 Å². The summed E-state index contributed by atoms with van der Waals surface area (Å²) >= 11 is 3.36. The number of carbonyl (C=O) groups is 2. The third-order valence-corrected chi connectivity index (χ3v) is 3.21. The zero-order chi connectivity index (χ0) is 14.4. The second kappa shape index (κ2) is 7.28. The highest BCUT2D eigenvalue weighted by molar-refractivity contribution is 9.10. The van der Waals surface area contributed by atoms with Crippen molar-refractivity contribution in [2.45, 2.75) is 20.8 Å². The minimum Gasteiger partial charge on any atom is -0.465 e. The van der Waals surface area contributed by atoms with Gasteiger partial charge in [0.05, 0.1) is 6.61 Å². The van der Waals surface area contributed by atoms with E-state index >= 15 is 0 Å². The molecule has 1 aromatic rings. The van der Waals surface area contributed by atoms with Crippen LogP contribution in [-0.4, -0.2) is 36.5 Å². The Morgan fingerprint density at radius 3 is 2.53 bits per heavy atom. The predicted octanol–water partition coefficient (Wildman–Crippen LogP) is 2.78. The first-order chi connectivity index (χ1) is 8.99. The van der Waals surface area contributed by atoms with Crippen molar-refractivity contribution in [1.29, 1.82) is 0 Å². The van der Waals surface area contributed by atoms with Crippen LogP contribution in [0, 0.1) is 6.92 Å². The highest BCUT2D eigenvalue weighted by atomic mass is 79.9. The first-order valence-corrected chi connectivity index (χ1v) is 6.99. The molecule has 4 nitrogen and oxygen atoms in total. The number of aryl methyl sites for hydroxylation is 1. The maximum absolute atomic E-state index is 12.4. The van der Waals surface area contributed by atoms with Gasteiger partial charge in [-0.25, -0.2) is 0 Å². The van der Waals surface area contributed by atoms with Gasteiger partial charge in [-0.15, -0.1) is 0 Å². The van der Waals surface area contributed by atoms with Gasteiger partial charge in [-0.2, -0.15) is 0 Å². The molecule has 0 saturated carbocycles.